The van der Waals surface area contributed by atoms with E-state index in [-0.39, 0.29) is 29.4 Å². The van der Waals surface area contributed by atoms with Crippen LogP contribution in [0.1, 0.15) is 16.8 Å². The summed E-state index contributed by atoms with van der Waals surface area (Å²) in [5.41, 5.74) is -0.363. The molecule has 8 heteroatoms. The second-order valence-electron chi connectivity index (χ2n) is 4.71. The molecule has 0 aromatic carbocycles. The standard InChI is InChI=1S/C12H11N3O4S/c16-9(17)3-7-5-14(6-7)10(18)8-4-13-12-15(11(8)19)1-2-20-12/h1-2,4,7H,3,5-6H2,(H,16,17). The third-order valence-electron chi connectivity index (χ3n) is 3.28. The van der Waals surface area contributed by atoms with Gasteiger partial charge in [-0.25, -0.2) is 4.98 Å². The van der Waals surface area contributed by atoms with Crippen LogP contribution >= 0.6 is 11.3 Å². The first kappa shape index (κ1) is 12.8. The van der Waals surface area contributed by atoms with Gasteiger partial charge >= 0.3 is 5.97 Å². The number of carbonyl (C=O) groups is 2. The summed E-state index contributed by atoms with van der Waals surface area (Å²) in [4.78, 5) is 40.9. The predicted octanol–water partition coefficient (Wildman–Crippen LogP) is 0.303. The second kappa shape index (κ2) is 4.71. The lowest BCUT2D eigenvalue weighted by molar-refractivity contribution is -0.139. The monoisotopic (exact) mass is 293 g/mol. The molecule has 1 amide bonds. The lowest BCUT2D eigenvalue weighted by Crippen LogP contribution is -2.51. The molecule has 0 aliphatic carbocycles. The summed E-state index contributed by atoms with van der Waals surface area (Å²) in [5, 5.41) is 10.4. The minimum Gasteiger partial charge on any atom is -0.481 e. The van der Waals surface area contributed by atoms with Gasteiger partial charge in [-0.05, 0) is 0 Å². The molecular weight excluding hydrogens is 282 g/mol. The van der Waals surface area contributed by atoms with Crippen LogP contribution in [-0.2, 0) is 4.79 Å². The Balaban J connectivity index is 1.79. The van der Waals surface area contributed by atoms with Gasteiger partial charge in [0.05, 0.1) is 6.42 Å². The molecule has 3 rings (SSSR count). The molecule has 20 heavy (non-hydrogen) atoms. The molecule has 0 bridgehead atoms. The summed E-state index contributed by atoms with van der Waals surface area (Å²) in [6, 6.07) is 0. The van der Waals surface area contributed by atoms with Crippen molar-refractivity contribution in [1.82, 2.24) is 14.3 Å². The normalized spacial score (nSPS) is 15.3. The van der Waals surface area contributed by atoms with Crippen LogP contribution in [0.4, 0.5) is 0 Å². The first-order valence-electron chi connectivity index (χ1n) is 6.02. The summed E-state index contributed by atoms with van der Waals surface area (Å²) in [7, 11) is 0. The Morgan fingerprint density at radius 1 is 1.45 bits per heavy atom. The van der Waals surface area contributed by atoms with Crippen LogP contribution in [-0.4, -0.2) is 44.4 Å². The van der Waals surface area contributed by atoms with Crippen LogP contribution in [0.2, 0.25) is 0 Å². The summed E-state index contributed by atoms with van der Waals surface area (Å²) >= 11 is 1.32. The van der Waals surface area contributed by atoms with Crippen molar-refractivity contribution in [3.8, 4) is 0 Å². The zero-order valence-electron chi connectivity index (χ0n) is 10.4. The number of hydrogen-bond acceptors (Lipinski definition) is 5. The number of likely N-dealkylation sites (tertiary alicyclic amines) is 1. The lowest BCUT2D eigenvalue weighted by Gasteiger charge is -2.38. The summed E-state index contributed by atoms with van der Waals surface area (Å²) in [5.74, 6) is -1.29. The molecule has 2 aromatic rings. The largest absolute Gasteiger partial charge is 0.481 e. The smallest absolute Gasteiger partial charge is 0.303 e. The van der Waals surface area contributed by atoms with Crippen molar-refractivity contribution in [3.05, 3.63) is 33.7 Å². The van der Waals surface area contributed by atoms with Crippen molar-refractivity contribution in [1.29, 1.82) is 0 Å². The highest BCUT2D eigenvalue weighted by molar-refractivity contribution is 7.15. The zero-order chi connectivity index (χ0) is 14.3. The molecular formula is C12H11N3O4S. The van der Waals surface area contributed by atoms with Crippen molar-refractivity contribution in [3.63, 3.8) is 0 Å². The number of nitrogens with zero attached hydrogens (tertiary/aromatic N) is 3. The number of hydrogen-bond donors (Lipinski definition) is 1. The van der Waals surface area contributed by atoms with E-state index < -0.39 is 5.97 Å². The number of thiazole rings is 1. The SMILES string of the molecule is O=C(O)CC1CN(C(=O)c2cnc3sccn3c2=O)C1. The third-order valence-corrected chi connectivity index (χ3v) is 4.05. The molecule has 1 saturated heterocycles. The number of carboxylic acids is 1. The maximum absolute atomic E-state index is 12.2. The third kappa shape index (κ3) is 2.07. The summed E-state index contributed by atoms with van der Waals surface area (Å²) < 4.78 is 1.34. The van der Waals surface area contributed by atoms with Crippen LogP contribution in [0.15, 0.2) is 22.6 Å². The predicted molar refractivity (Wildman–Crippen MR) is 71.0 cm³/mol. The van der Waals surface area contributed by atoms with Crippen LogP contribution in [0.25, 0.3) is 4.96 Å². The molecule has 104 valence electrons. The topological polar surface area (TPSA) is 92.0 Å². The number of carboxylic acid groups (broad SMARTS) is 1. The summed E-state index contributed by atoms with van der Waals surface area (Å²) in [6.07, 6.45) is 2.92. The van der Waals surface area contributed by atoms with Crippen molar-refractivity contribution in [2.75, 3.05) is 13.1 Å². The molecule has 1 aliphatic heterocycles. The van der Waals surface area contributed by atoms with Gasteiger partial charge in [-0.2, -0.15) is 0 Å². The van der Waals surface area contributed by atoms with Gasteiger partial charge in [-0.1, -0.05) is 0 Å². The molecule has 0 spiro atoms. The Hall–Kier alpha value is -2.22. The molecule has 1 fully saturated rings. The van der Waals surface area contributed by atoms with Crippen molar-refractivity contribution >= 4 is 28.2 Å². The van der Waals surface area contributed by atoms with E-state index in [0.29, 0.717) is 18.1 Å². The van der Waals surface area contributed by atoms with E-state index in [1.807, 2.05) is 0 Å². The number of rotatable bonds is 3. The Morgan fingerprint density at radius 3 is 2.90 bits per heavy atom. The van der Waals surface area contributed by atoms with Crippen molar-refractivity contribution in [2.45, 2.75) is 6.42 Å². The average Bonchev–Trinajstić information content (AvgIpc) is 2.82. The van der Waals surface area contributed by atoms with E-state index in [1.54, 1.807) is 11.6 Å². The molecule has 3 heterocycles. The number of aliphatic carboxylic acids is 1. The molecule has 0 atom stereocenters. The molecule has 2 aromatic heterocycles. The van der Waals surface area contributed by atoms with E-state index in [2.05, 4.69) is 4.98 Å². The van der Waals surface area contributed by atoms with E-state index in [4.69, 9.17) is 5.11 Å². The van der Waals surface area contributed by atoms with E-state index in [9.17, 15) is 14.4 Å². The van der Waals surface area contributed by atoms with Gasteiger partial charge in [0.25, 0.3) is 11.5 Å². The highest BCUT2D eigenvalue weighted by Crippen LogP contribution is 2.20. The fourth-order valence-corrected chi connectivity index (χ4v) is 2.93. The molecule has 0 saturated carbocycles. The Bertz CT molecular complexity index is 744. The van der Waals surface area contributed by atoms with Gasteiger partial charge < -0.3 is 10.0 Å². The molecule has 1 N–H and O–H groups in total. The highest BCUT2D eigenvalue weighted by Gasteiger charge is 2.33. The van der Waals surface area contributed by atoms with Gasteiger partial charge in [-0.15, -0.1) is 11.3 Å². The minimum absolute atomic E-state index is 0.0228. The van der Waals surface area contributed by atoms with Crippen LogP contribution < -0.4 is 5.56 Å². The molecule has 0 unspecified atom stereocenters. The lowest BCUT2D eigenvalue weighted by atomic mass is 9.96. The zero-order valence-corrected chi connectivity index (χ0v) is 11.2. The van der Waals surface area contributed by atoms with E-state index in [0.717, 1.165) is 0 Å². The number of carbonyl (C=O) groups excluding carboxylic acids is 1. The van der Waals surface area contributed by atoms with E-state index in [1.165, 1.54) is 26.8 Å². The van der Waals surface area contributed by atoms with Gasteiger partial charge in [-0.3, -0.25) is 18.8 Å². The molecule has 1 aliphatic rings. The fraction of sp³-hybridized carbons (Fsp3) is 0.333. The summed E-state index contributed by atoms with van der Waals surface area (Å²) in [6.45, 7) is 0.744. The number of fused-ring (bicyclic) bond motifs is 1. The highest BCUT2D eigenvalue weighted by atomic mass is 32.1. The first-order chi connectivity index (χ1) is 9.56. The average molecular weight is 293 g/mol. The van der Waals surface area contributed by atoms with Gasteiger partial charge in [0, 0.05) is 36.8 Å². The molecule has 0 radical (unpaired) electrons. The maximum atomic E-state index is 12.2. The van der Waals surface area contributed by atoms with Crippen molar-refractivity contribution < 1.29 is 14.7 Å². The van der Waals surface area contributed by atoms with Gasteiger partial charge in [0.1, 0.15) is 5.56 Å². The minimum atomic E-state index is -0.872. The Labute approximate surface area is 117 Å². The van der Waals surface area contributed by atoms with Crippen LogP contribution in [0, 0.1) is 5.92 Å². The first-order valence-corrected chi connectivity index (χ1v) is 6.90. The fourth-order valence-electron chi connectivity index (χ4n) is 2.25. The Kier molecular flexibility index (Phi) is 3.01. The van der Waals surface area contributed by atoms with Gasteiger partial charge in [0.15, 0.2) is 4.96 Å². The maximum Gasteiger partial charge on any atom is 0.303 e. The molecule has 7 nitrogen and oxygen atoms in total. The quantitative estimate of drug-likeness (QED) is 0.879. The van der Waals surface area contributed by atoms with Crippen LogP contribution in [0.3, 0.4) is 0 Å². The number of amides is 1. The van der Waals surface area contributed by atoms with Crippen molar-refractivity contribution in [2.24, 2.45) is 5.92 Å². The second-order valence-corrected chi connectivity index (χ2v) is 5.58. The van der Waals surface area contributed by atoms with E-state index >= 15 is 0 Å². The number of aromatic nitrogens is 2. The van der Waals surface area contributed by atoms with Crippen LogP contribution in [0.5, 0.6) is 0 Å². The van der Waals surface area contributed by atoms with Gasteiger partial charge in [0.2, 0.25) is 0 Å². The Morgan fingerprint density at radius 2 is 2.20 bits per heavy atom.